The Hall–Kier alpha value is -2.11. The fourth-order valence-corrected chi connectivity index (χ4v) is 2.94. The van der Waals surface area contributed by atoms with E-state index < -0.39 is 4.92 Å². The highest BCUT2D eigenvalue weighted by molar-refractivity contribution is 5.95. The minimum Gasteiger partial charge on any atom is -0.508 e. The summed E-state index contributed by atoms with van der Waals surface area (Å²) in [6.45, 7) is 0. The van der Waals surface area contributed by atoms with E-state index in [-0.39, 0.29) is 28.9 Å². The fraction of sp³-hybridized carbons (Fsp3) is 0.462. The summed E-state index contributed by atoms with van der Waals surface area (Å²) in [6, 6.07) is 3.73. The monoisotopic (exact) mass is 262 g/mol. The summed E-state index contributed by atoms with van der Waals surface area (Å²) < 4.78 is 0. The number of benzene rings is 1. The molecule has 0 aliphatic heterocycles. The first-order chi connectivity index (χ1) is 9.04. The standard InChI is InChI=1S/C13H14N2O4/c16-10-1-2-11(12(6-10)15(18)19)14-13(17)9-4-7-3-8(7)5-9/h1-2,6-9,16H,3-5H2,(H,14,17). The molecule has 2 aliphatic carbocycles. The first-order valence-electron chi connectivity index (χ1n) is 6.33. The smallest absolute Gasteiger partial charge is 0.296 e. The van der Waals surface area contributed by atoms with E-state index >= 15 is 0 Å². The second kappa shape index (κ2) is 4.22. The minimum absolute atomic E-state index is 0.0304. The van der Waals surface area contributed by atoms with Crippen LogP contribution in [-0.2, 0) is 4.79 Å². The molecule has 2 aliphatic rings. The van der Waals surface area contributed by atoms with Gasteiger partial charge in [-0.2, -0.15) is 0 Å². The number of nitro benzene ring substituents is 1. The van der Waals surface area contributed by atoms with E-state index in [1.165, 1.54) is 18.6 Å². The molecule has 2 N–H and O–H groups in total. The molecule has 19 heavy (non-hydrogen) atoms. The molecule has 6 heteroatoms. The number of nitro groups is 1. The van der Waals surface area contributed by atoms with Crippen molar-refractivity contribution in [2.45, 2.75) is 19.3 Å². The Kier molecular flexibility index (Phi) is 2.66. The second-order valence-electron chi connectivity index (χ2n) is 5.37. The molecule has 0 aromatic heterocycles. The van der Waals surface area contributed by atoms with Crippen LogP contribution in [0, 0.1) is 27.9 Å². The maximum Gasteiger partial charge on any atom is 0.296 e. The van der Waals surface area contributed by atoms with Crippen molar-refractivity contribution in [3.05, 3.63) is 28.3 Å². The highest BCUT2D eigenvalue weighted by Crippen LogP contribution is 2.54. The zero-order chi connectivity index (χ0) is 13.6. The van der Waals surface area contributed by atoms with Gasteiger partial charge in [0.2, 0.25) is 5.91 Å². The summed E-state index contributed by atoms with van der Waals surface area (Å²) in [4.78, 5) is 22.3. The van der Waals surface area contributed by atoms with E-state index in [0.29, 0.717) is 11.8 Å². The highest BCUT2D eigenvalue weighted by atomic mass is 16.6. The third kappa shape index (κ3) is 2.25. The first-order valence-corrected chi connectivity index (χ1v) is 6.33. The molecule has 6 nitrogen and oxygen atoms in total. The van der Waals surface area contributed by atoms with E-state index in [2.05, 4.69) is 5.32 Å². The number of anilines is 1. The number of rotatable bonds is 3. The van der Waals surface area contributed by atoms with Crippen LogP contribution < -0.4 is 5.32 Å². The fourth-order valence-electron chi connectivity index (χ4n) is 2.94. The van der Waals surface area contributed by atoms with Gasteiger partial charge in [0.15, 0.2) is 0 Å². The molecule has 2 unspecified atom stereocenters. The largest absolute Gasteiger partial charge is 0.508 e. The average Bonchev–Trinajstić information content (AvgIpc) is 2.98. The Morgan fingerprint density at radius 2 is 2.00 bits per heavy atom. The van der Waals surface area contributed by atoms with Crippen LogP contribution in [-0.4, -0.2) is 15.9 Å². The minimum atomic E-state index is -0.610. The zero-order valence-electron chi connectivity index (χ0n) is 10.2. The second-order valence-corrected chi connectivity index (χ2v) is 5.37. The molecule has 1 aromatic rings. The number of carbonyl (C=O) groups is 1. The van der Waals surface area contributed by atoms with E-state index in [1.807, 2.05) is 0 Å². The molecule has 2 atom stereocenters. The van der Waals surface area contributed by atoms with E-state index in [4.69, 9.17) is 0 Å². The van der Waals surface area contributed by atoms with Gasteiger partial charge in [-0.05, 0) is 43.2 Å². The van der Waals surface area contributed by atoms with Crippen LogP contribution in [0.15, 0.2) is 18.2 Å². The van der Waals surface area contributed by atoms with Crippen LogP contribution >= 0.6 is 0 Å². The molecule has 2 saturated carbocycles. The molecule has 0 radical (unpaired) electrons. The number of phenolic OH excluding ortho intramolecular Hbond substituents is 1. The van der Waals surface area contributed by atoms with Crippen molar-refractivity contribution in [3.63, 3.8) is 0 Å². The lowest BCUT2D eigenvalue weighted by atomic mass is 10.0. The lowest BCUT2D eigenvalue weighted by molar-refractivity contribution is -0.384. The molecule has 0 heterocycles. The Balaban J connectivity index is 1.75. The molecule has 0 spiro atoms. The normalized spacial score (nSPS) is 27.7. The molecule has 1 aromatic carbocycles. The van der Waals surface area contributed by atoms with Gasteiger partial charge < -0.3 is 10.4 Å². The van der Waals surface area contributed by atoms with Crippen LogP contribution in [0.2, 0.25) is 0 Å². The number of aromatic hydroxyl groups is 1. The number of hydrogen-bond donors (Lipinski definition) is 2. The van der Waals surface area contributed by atoms with E-state index in [9.17, 15) is 20.0 Å². The van der Waals surface area contributed by atoms with Crippen molar-refractivity contribution in [1.82, 2.24) is 0 Å². The lowest BCUT2D eigenvalue weighted by Gasteiger charge is -2.12. The van der Waals surface area contributed by atoms with E-state index in [0.717, 1.165) is 18.9 Å². The predicted molar refractivity (Wildman–Crippen MR) is 67.7 cm³/mol. The highest BCUT2D eigenvalue weighted by Gasteiger charge is 2.48. The Morgan fingerprint density at radius 3 is 2.63 bits per heavy atom. The van der Waals surface area contributed by atoms with Crippen LogP contribution in [0.1, 0.15) is 19.3 Å². The van der Waals surface area contributed by atoms with Gasteiger partial charge in [-0.15, -0.1) is 0 Å². The first kappa shape index (κ1) is 12.0. The summed E-state index contributed by atoms with van der Waals surface area (Å²) in [5, 5.41) is 22.7. The van der Waals surface area contributed by atoms with Gasteiger partial charge in [0.25, 0.3) is 5.69 Å². The van der Waals surface area contributed by atoms with Crippen molar-refractivity contribution in [2.75, 3.05) is 5.32 Å². The van der Waals surface area contributed by atoms with Crippen LogP contribution in [0.4, 0.5) is 11.4 Å². The number of phenols is 1. The molecule has 0 bridgehead atoms. The maximum absolute atomic E-state index is 12.0. The molecule has 3 rings (SSSR count). The molecule has 100 valence electrons. The van der Waals surface area contributed by atoms with Crippen molar-refractivity contribution in [1.29, 1.82) is 0 Å². The predicted octanol–water partition coefficient (Wildman–Crippen LogP) is 2.29. The number of carbonyl (C=O) groups excluding carboxylic acids is 1. The topological polar surface area (TPSA) is 92.5 Å². The number of hydrogen-bond acceptors (Lipinski definition) is 4. The summed E-state index contributed by atoms with van der Waals surface area (Å²) in [5.41, 5.74) is -0.134. The van der Waals surface area contributed by atoms with Crippen molar-refractivity contribution in [3.8, 4) is 5.75 Å². The van der Waals surface area contributed by atoms with Crippen molar-refractivity contribution >= 4 is 17.3 Å². The Bertz CT molecular complexity index is 548. The van der Waals surface area contributed by atoms with Gasteiger partial charge in [-0.3, -0.25) is 14.9 Å². The number of fused-ring (bicyclic) bond motifs is 1. The van der Waals surface area contributed by atoms with E-state index in [1.54, 1.807) is 0 Å². The maximum atomic E-state index is 12.0. The van der Waals surface area contributed by atoms with Gasteiger partial charge in [0.1, 0.15) is 11.4 Å². The van der Waals surface area contributed by atoms with Gasteiger partial charge in [0, 0.05) is 5.92 Å². The Morgan fingerprint density at radius 1 is 1.32 bits per heavy atom. The van der Waals surface area contributed by atoms with Gasteiger partial charge in [-0.1, -0.05) is 0 Å². The zero-order valence-corrected chi connectivity index (χ0v) is 10.2. The number of nitrogens with one attached hydrogen (secondary N) is 1. The van der Waals surface area contributed by atoms with Crippen LogP contribution in [0.5, 0.6) is 5.75 Å². The summed E-state index contributed by atoms with van der Waals surface area (Å²) in [6.07, 6.45) is 3.01. The molecule has 2 fully saturated rings. The SMILES string of the molecule is O=C(Nc1ccc(O)cc1[N+](=O)[O-])C1CC2CC2C1. The molecule has 1 amide bonds. The van der Waals surface area contributed by atoms with Crippen LogP contribution in [0.25, 0.3) is 0 Å². The van der Waals surface area contributed by atoms with Gasteiger partial charge in [0.05, 0.1) is 11.0 Å². The lowest BCUT2D eigenvalue weighted by Crippen LogP contribution is -2.22. The third-order valence-electron chi connectivity index (χ3n) is 4.05. The van der Waals surface area contributed by atoms with Gasteiger partial charge in [-0.25, -0.2) is 0 Å². The van der Waals surface area contributed by atoms with Crippen molar-refractivity contribution < 1.29 is 14.8 Å². The van der Waals surface area contributed by atoms with Crippen LogP contribution in [0.3, 0.4) is 0 Å². The molecular weight excluding hydrogens is 248 g/mol. The molecular formula is C13H14N2O4. The summed E-state index contributed by atoms with van der Waals surface area (Å²) >= 11 is 0. The Labute approximate surface area is 109 Å². The average molecular weight is 262 g/mol. The summed E-state index contributed by atoms with van der Waals surface area (Å²) in [5.74, 6) is 1.00. The third-order valence-corrected chi connectivity index (χ3v) is 4.05. The molecule has 0 saturated heterocycles. The van der Waals surface area contributed by atoms with Gasteiger partial charge >= 0.3 is 0 Å². The number of nitrogens with zero attached hydrogens (tertiary/aromatic N) is 1. The van der Waals surface area contributed by atoms with Crippen molar-refractivity contribution in [2.24, 2.45) is 17.8 Å². The number of amides is 1. The quantitative estimate of drug-likeness (QED) is 0.496. The summed E-state index contributed by atoms with van der Waals surface area (Å²) in [7, 11) is 0.